The van der Waals surface area contributed by atoms with Crippen molar-refractivity contribution >= 4 is 35.0 Å². The minimum Gasteiger partial charge on any atom is -0.324 e. The van der Waals surface area contributed by atoms with Gasteiger partial charge in [-0.25, -0.2) is 0 Å². The summed E-state index contributed by atoms with van der Waals surface area (Å²) in [5.74, 6) is 0.224. The van der Waals surface area contributed by atoms with Gasteiger partial charge in [-0.3, -0.25) is 19.3 Å². The molecule has 1 aromatic carbocycles. The van der Waals surface area contributed by atoms with Crippen molar-refractivity contribution in [2.24, 2.45) is 35.5 Å². The van der Waals surface area contributed by atoms with Gasteiger partial charge in [0.2, 0.25) is 17.7 Å². The Bertz CT molecular complexity index is 800. The van der Waals surface area contributed by atoms with Gasteiger partial charge in [-0.1, -0.05) is 29.8 Å². The highest BCUT2D eigenvalue weighted by Crippen LogP contribution is 2.65. The molecule has 25 heavy (non-hydrogen) atoms. The molecule has 2 saturated carbocycles. The van der Waals surface area contributed by atoms with Crippen LogP contribution in [0.5, 0.6) is 0 Å². The van der Waals surface area contributed by atoms with Crippen LogP contribution in [0.25, 0.3) is 0 Å². The second kappa shape index (κ2) is 5.18. The molecule has 2 bridgehead atoms. The van der Waals surface area contributed by atoms with Gasteiger partial charge >= 0.3 is 0 Å². The van der Waals surface area contributed by atoms with Crippen molar-refractivity contribution < 1.29 is 14.4 Å². The predicted molar refractivity (Wildman–Crippen MR) is 91.5 cm³/mol. The number of carbonyl (C=O) groups is 3. The van der Waals surface area contributed by atoms with E-state index >= 15 is 0 Å². The van der Waals surface area contributed by atoms with Crippen molar-refractivity contribution in [2.45, 2.75) is 6.42 Å². The van der Waals surface area contributed by atoms with E-state index in [9.17, 15) is 14.4 Å². The summed E-state index contributed by atoms with van der Waals surface area (Å²) in [7, 11) is 0. The first-order valence-electron chi connectivity index (χ1n) is 8.63. The third kappa shape index (κ3) is 2.18. The fourth-order valence-electron chi connectivity index (χ4n) is 5.08. The Morgan fingerprint density at radius 3 is 2.36 bits per heavy atom. The van der Waals surface area contributed by atoms with Crippen molar-refractivity contribution in [3.63, 3.8) is 0 Å². The first kappa shape index (κ1) is 15.1. The molecule has 0 radical (unpaired) electrons. The molecule has 5 nitrogen and oxygen atoms in total. The van der Waals surface area contributed by atoms with E-state index in [1.807, 2.05) is 0 Å². The van der Waals surface area contributed by atoms with E-state index in [0.29, 0.717) is 22.5 Å². The Labute approximate surface area is 150 Å². The minimum atomic E-state index is -0.381. The lowest BCUT2D eigenvalue weighted by Crippen LogP contribution is -2.40. The maximum atomic E-state index is 12.8. The number of hydrogen-bond acceptors (Lipinski definition) is 3. The molecule has 4 aliphatic carbocycles. The van der Waals surface area contributed by atoms with Crippen LogP contribution in [0.4, 0.5) is 5.69 Å². The van der Waals surface area contributed by atoms with Crippen LogP contribution in [-0.4, -0.2) is 29.2 Å². The van der Waals surface area contributed by atoms with E-state index in [1.54, 1.807) is 24.3 Å². The van der Waals surface area contributed by atoms with Crippen LogP contribution in [0.2, 0.25) is 5.02 Å². The van der Waals surface area contributed by atoms with E-state index < -0.39 is 0 Å². The minimum absolute atomic E-state index is 0.178. The maximum absolute atomic E-state index is 12.8. The van der Waals surface area contributed by atoms with Crippen LogP contribution < -0.4 is 5.32 Å². The number of carbonyl (C=O) groups excluding carboxylic acids is 3. The molecule has 1 saturated heterocycles. The largest absolute Gasteiger partial charge is 0.324 e. The fourth-order valence-corrected chi connectivity index (χ4v) is 5.28. The molecule has 128 valence electrons. The number of nitrogens with zero attached hydrogens (tertiary/aromatic N) is 1. The lowest BCUT2D eigenvalue weighted by molar-refractivity contribution is -0.142. The number of likely N-dealkylation sites (tertiary alicyclic amines) is 1. The second-order valence-corrected chi connectivity index (χ2v) is 7.91. The number of benzene rings is 1. The molecule has 6 heteroatoms. The Hall–Kier alpha value is -2.14. The van der Waals surface area contributed by atoms with Gasteiger partial charge in [0.1, 0.15) is 6.54 Å². The number of rotatable bonds is 3. The van der Waals surface area contributed by atoms with E-state index in [0.717, 1.165) is 11.3 Å². The zero-order valence-corrected chi connectivity index (χ0v) is 14.1. The van der Waals surface area contributed by atoms with Gasteiger partial charge in [0.25, 0.3) is 0 Å². The lowest BCUT2D eigenvalue weighted by atomic mass is 9.63. The topological polar surface area (TPSA) is 66.5 Å². The monoisotopic (exact) mass is 356 g/mol. The summed E-state index contributed by atoms with van der Waals surface area (Å²) in [6, 6.07) is 6.79. The standard InChI is InChI=1S/C19H17ClN2O3/c20-9-2-1-3-10(6-9)21-15(23)8-22-18(24)16-11-4-5-12(14-7-13(11)14)17(16)19(22)25/h1-6,11-14,16-17H,7-8H2,(H,21,23). The molecule has 3 amide bonds. The van der Waals surface area contributed by atoms with E-state index in [2.05, 4.69) is 17.5 Å². The number of anilines is 1. The van der Waals surface area contributed by atoms with Crippen LogP contribution >= 0.6 is 11.6 Å². The highest BCUT2D eigenvalue weighted by molar-refractivity contribution is 6.30. The predicted octanol–water partition coefficient (Wildman–Crippen LogP) is 2.33. The summed E-state index contributed by atoms with van der Waals surface area (Å²) in [6.45, 7) is -0.230. The van der Waals surface area contributed by atoms with Gasteiger partial charge in [0.05, 0.1) is 11.8 Å². The van der Waals surface area contributed by atoms with Crippen molar-refractivity contribution in [3.05, 3.63) is 41.4 Å². The van der Waals surface area contributed by atoms with E-state index in [4.69, 9.17) is 11.6 Å². The number of nitrogens with one attached hydrogen (secondary N) is 1. The van der Waals surface area contributed by atoms with Gasteiger partial charge in [-0.05, 0) is 48.3 Å². The van der Waals surface area contributed by atoms with Gasteiger partial charge in [-0.15, -0.1) is 0 Å². The Kier molecular flexibility index (Phi) is 3.14. The van der Waals surface area contributed by atoms with Gasteiger partial charge in [0, 0.05) is 10.7 Å². The van der Waals surface area contributed by atoms with Crippen molar-refractivity contribution in [1.29, 1.82) is 0 Å². The van der Waals surface area contributed by atoms with E-state index in [-0.39, 0.29) is 47.9 Å². The summed E-state index contributed by atoms with van der Waals surface area (Å²) in [5.41, 5.74) is 0.553. The molecule has 0 spiro atoms. The van der Waals surface area contributed by atoms with Crippen LogP contribution in [-0.2, 0) is 14.4 Å². The second-order valence-electron chi connectivity index (χ2n) is 7.48. The van der Waals surface area contributed by atoms with Crippen LogP contribution in [0, 0.1) is 35.5 Å². The average molecular weight is 357 g/mol. The average Bonchev–Trinajstić information content (AvgIpc) is 3.36. The highest BCUT2D eigenvalue weighted by Gasteiger charge is 2.67. The molecule has 6 unspecified atom stereocenters. The van der Waals surface area contributed by atoms with Crippen molar-refractivity contribution in [2.75, 3.05) is 11.9 Å². The van der Waals surface area contributed by atoms with E-state index in [1.165, 1.54) is 0 Å². The number of halogens is 1. The normalized spacial score (nSPS) is 37.1. The molecule has 1 heterocycles. The molecule has 1 aliphatic heterocycles. The first-order valence-corrected chi connectivity index (χ1v) is 9.01. The molecular weight excluding hydrogens is 340 g/mol. The first-order chi connectivity index (χ1) is 12.0. The zero-order chi connectivity index (χ0) is 17.3. The molecule has 6 rings (SSSR count). The van der Waals surface area contributed by atoms with Crippen molar-refractivity contribution in [3.8, 4) is 0 Å². The Morgan fingerprint density at radius 2 is 1.76 bits per heavy atom. The SMILES string of the molecule is O=C(CN1C(=O)C2C3C=CC(C4CC34)C2C1=O)Nc1cccc(Cl)c1. The van der Waals surface area contributed by atoms with Crippen LogP contribution in [0.3, 0.4) is 0 Å². The smallest absolute Gasteiger partial charge is 0.244 e. The van der Waals surface area contributed by atoms with Gasteiger partial charge < -0.3 is 5.32 Å². The van der Waals surface area contributed by atoms with Gasteiger partial charge in [-0.2, -0.15) is 0 Å². The number of allylic oxidation sites excluding steroid dienone is 2. The molecule has 0 aromatic heterocycles. The summed E-state index contributed by atoms with van der Waals surface area (Å²) in [4.78, 5) is 39.1. The molecular formula is C19H17ClN2O3. The highest BCUT2D eigenvalue weighted by atomic mass is 35.5. The van der Waals surface area contributed by atoms with Crippen LogP contribution in [0.15, 0.2) is 36.4 Å². The summed E-state index contributed by atoms with van der Waals surface area (Å²) in [6.07, 6.45) is 5.38. The Balaban J connectivity index is 1.33. The summed E-state index contributed by atoms with van der Waals surface area (Å²) >= 11 is 5.91. The third-order valence-electron chi connectivity index (χ3n) is 6.16. The number of hydrogen-bond donors (Lipinski definition) is 1. The zero-order valence-electron chi connectivity index (χ0n) is 13.4. The summed E-state index contributed by atoms with van der Waals surface area (Å²) in [5, 5.41) is 3.22. The number of imide groups is 1. The number of amides is 3. The molecule has 6 atom stereocenters. The maximum Gasteiger partial charge on any atom is 0.244 e. The molecule has 1 aromatic rings. The molecule has 1 N–H and O–H groups in total. The third-order valence-corrected chi connectivity index (χ3v) is 6.40. The lowest BCUT2D eigenvalue weighted by Gasteiger charge is -2.37. The quantitative estimate of drug-likeness (QED) is 0.667. The Morgan fingerprint density at radius 1 is 1.12 bits per heavy atom. The molecule has 5 aliphatic rings. The summed E-state index contributed by atoms with van der Waals surface area (Å²) < 4.78 is 0. The molecule has 3 fully saturated rings. The fraction of sp³-hybridized carbons (Fsp3) is 0.421. The van der Waals surface area contributed by atoms with Gasteiger partial charge in [0.15, 0.2) is 0 Å². The van der Waals surface area contributed by atoms with Crippen LogP contribution in [0.1, 0.15) is 6.42 Å². The van der Waals surface area contributed by atoms with Crippen molar-refractivity contribution in [1.82, 2.24) is 4.90 Å².